The predicted molar refractivity (Wildman–Crippen MR) is 102 cm³/mol. The van der Waals surface area contributed by atoms with Gasteiger partial charge in [0.25, 0.3) is 5.56 Å². The second-order valence-corrected chi connectivity index (χ2v) is 6.25. The topological polar surface area (TPSA) is 74.3 Å². The summed E-state index contributed by atoms with van der Waals surface area (Å²) in [6.07, 6.45) is 1.45. The van der Waals surface area contributed by atoms with Crippen LogP contribution in [-0.2, 0) is 11.3 Å². The number of aryl methyl sites for hydroxylation is 1. The van der Waals surface area contributed by atoms with Gasteiger partial charge in [0, 0.05) is 0 Å². The number of benzene rings is 2. The number of ether oxygens (including phenoxy) is 1. The third-order valence-corrected chi connectivity index (χ3v) is 4.55. The molecule has 4 aromatic rings. The van der Waals surface area contributed by atoms with Gasteiger partial charge in [-0.25, -0.2) is 9.78 Å². The van der Waals surface area contributed by atoms with Crippen LogP contribution in [0.2, 0.25) is 0 Å². The third kappa shape index (κ3) is 2.89. The molecule has 0 bridgehead atoms. The molecule has 0 spiro atoms. The number of esters is 1. The van der Waals surface area contributed by atoms with Crippen molar-refractivity contribution >= 4 is 27.8 Å². The largest absolute Gasteiger partial charge is 0.462 e. The van der Waals surface area contributed by atoms with E-state index in [1.807, 2.05) is 42.5 Å². The van der Waals surface area contributed by atoms with Crippen molar-refractivity contribution in [2.75, 3.05) is 6.61 Å². The van der Waals surface area contributed by atoms with Gasteiger partial charge in [-0.2, -0.15) is 0 Å². The standard InChI is InChI=1S/C21H18N2O4/c1-3-26-21(25)17-13(2)27-19-18(17)20(24)23(12-22-19)11-15-9-6-8-14-7-4-5-10-16(14)15/h4-10,12H,3,11H2,1-2H3. The Kier molecular flexibility index (Phi) is 4.24. The maximum atomic E-state index is 13.1. The zero-order chi connectivity index (χ0) is 19.0. The van der Waals surface area contributed by atoms with Gasteiger partial charge in [0.05, 0.1) is 13.2 Å². The van der Waals surface area contributed by atoms with Gasteiger partial charge in [0.2, 0.25) is 5.71 Å². The first kappa shape index (κ1) is 17.0. The van der Waals surface area contributed by atoms with Crippen LogP contribution in [0.1, 0.15) is 28.6 Å². The van der Waals surface area contributed by atoms with Crippen LogP contribution < -0.4 is 5.56 Å². The van der Waals surface area contributed by atoms with Crippen molar-refractivity contribution < 1.29 is 13.9 Å². The van der Waals surface area contributed by atoms with Crippen molar-refractivity contribution in [3.05, 3.63) is 76.0 Å². The Morgan fingerprint density at radius 3 is 2.78 bits per heavy atom. The van der Waals surface area contributed by atoms with E-state index in [9.17, 15) is 9.59 Å². The fourth-order valence-corrected chi connectivity index (χ4v) is 3.31. The molecule has 0 radical (unpaired) electrons. The maximum absolute atomic E-state index is 13.1. The van der Waals surface area contributed by atoms with Crippen molar-refractivity contribution in [1.82, 2.24) is 9.55 Å². The summed E-state index contributed by atoms with van der Waals surface area (Å²) in [6.45, 7) is 3.90. The summed E-state index contributed by atoms with van der Waals surface area (Å²) in [5.74, 6) is -0.244. The van der Waals surface area contributed by atoms with E-state index in [2.05, 4.69) is 4.98 Å². The minimum Gasteiger partial charge on any atom is -0.462 e. The Labute approximate surface area is 155 Å². The lowest BCUT2D eigenvalue weighted by Gasteiger charge is -2.09. The Bertz CT molecular complexity index is 1210. The Hall–Kier alpha value is -3.41. The number of carbonyl (C=O) groups is 1. The predicted octanol–water partition coefficient (Wildman–Crippen LogP) is 3.68. The van der Waals surface area contributed by atoms with Crippen molar-refractivity contribution in [2.24, 2.45) is 0 Å². The highest BCUT2D eigenvalue weighted by atomic mass is 16.5. The van der Waals surface area contributed by atoms with E-state index in [1.165, 1.54) is 10.9 Å². The molecule has 0 amide bonds. The van der Waals surface area contributed by atoms with Crippen LogP contribution in [0.4, 0.5) is 0 Å². The molecule has 136 valence electrons. The van der Waals surface area contributed by atoms with E-state index in [1.54, 1.807) is 13.8 Å². The molecule has 0 unspecified atom stereocenters. The van der Waals surface area contributed by atoms with E-state index in [0.29, 0.717) is 12.3 Å². The summed E-state index contributed by atoms with van der Waals surface area (Å²) in [5, 5.41) is 2.33. The van der Waals surface area contributed by atoms with Crippen LogP contribution in [0.5, 0.6) is 0 Å². The number of nitrogens with zero attached hydrogens (tertiary/aromatic N) is 2. The van der Waals surface area contributed by atoms with Gasteiger partial charge in [-0.15, -0.1) is 0 Å². The number of carbonyl (C=O) groups excluding carboxylic acids is 1. The van der Waals surface area contributed by atoms with Gasteiger partial charge >= 0.3 is 5.97 Å². The van der Waals surface area contributed by atoms with Gasteiger partial charge in [-0.1, -0.05) is 42.5 Å². The molecule has 0 saturated carbocycles. The number of aromatic nitrogens is 2. The van der Waals surface area contributed by atoms with Gasteiger partial charge in [-0.05, 0) is 30.2 Å². The normalized spacial score (nSPS) is 11.2. The zero-order valence-electron chi connectivity index (χ0n) is 15.1. The van der Waals surface area contributed by atoms with E-state index in [0.717, 1.165) is 16.3 Å². The van der Waals surface area contributed by atoms with Gasteiger partial charge in [0.1, 0.15) is 23.0 Å². The molecule has 27 heavy (non-hydrogen) atoms. The van der Waals surface area contributed by atoms with Crippen LogP contribution in [0, 0.1) is 6.92 Å². The second kappa shape index (κ2) is 6.72. The fourth-order valence-electron chi connectivity index (χ4n) is 3.31. The molecule has 2 heterocycles. The number of fused-ring (bicyclic) bond motifs is 2. The van der Waals surface area contributed by atoms with Gasteiger partial charge < -0.3 is 9.15 Å². The molecule has 0 aliphatic rings. The van der Waals surface area contributed by atoms with E-state index < -0.39 is 5.97 Å². The lowest BCUT2D eigenvalue weighted by molar-refractivity contribution is 0.0526. The summed E-state index contributed by atoms with van der Waals surface area (Å²) in [5.41, 5.74) is 0.966. The second-order valence-electron chi connectivity index (χ2n) is 6.25. The van der Waals surface area contributed by atoms with Crippen LogP contribution in [-0.4, -0.2) is 22.1 Å². The Morgan fingerprint density at radius 1 is 1.19 bits per heavy atom. The van der Waals surface area contributed by atoms with Crippen LogP contribution in [0.25, 0.3) is 21.9 Å². The minimum absolute atomic E-state index is 0.148. The number of rotatable bonds is 4. The van der Waals surface area contributed by atoms with E-state index in [-0.39, 0.29) is 28.8 Å². The maximum Gasteiger partial charge on any atom is 0.342 e. The summed E-state index contributed by atoms with van der Waals surface area (Å²) in [4.78, 5) is 29.6. The monoisotopic (exact) mass is 362 g/mol. The van der Waals surface area contributed by atoms with E-state index >= 15 is 0 Å². The number of hydrogen-bond donors (Lipinski definition) is 0. The molecule has 0 aliphatic heterocycles. The smallest absolute Gasteiger partial charge is 0.342 e. The highest BCUT2D eigenvalue weighted by molar-refractivity contribution is 6.03. The highest BCUT2D eigenvalue weighted by Gasteiger charge is 2.23. The minimum atomic E-state index is -0.574. The summed E-state index contributed by atoms with van der Waals surface area (Å²) in [6, 6.07) is 14.0. The molecule has 2 aromatic heterocycles. The molecule has 0 N–H and O–H groups in total. The SMILES string of the molecule is CCOC(=O)c1c(C)oc2ncn(Cc3cccc4ccccc34)c(=O)c12. The number of furan rings is 1. The summed E-state index contributed by atoms with van der Waals surface area (Å²) >= 11 is 0. The molecule has 6 nitrogen and oxygen atoms in total. The van der Waals surface area contributed by atoms with Gasteiger partial charge in [-0.3, -0.25) is 9.36 Å². The highest BCUT2D eigenvalue weighted by Crippen LogP contribution is 2.23. The molecule has 0 aliphatic carbocycles. The lowest BCUT2D eigenvalue weighted by atomic mass is 10.0. The van der Waals surface area contributed by atoms with E-state index in [4.69, 9.17) is 9.15 Å². The molecule has 0 atom stereocenters. The molecule has 0 fully saturated rings. The molecular formula is C21H18N2O4. The van der Waals surface area contributed by atoms with Gasteiger partial charge in [0.15, 0.2) is 0 Å². The Balaban J connectivity index is 1.86. The fraction of sp³-hybridized carbons (Fsp3) is 0.190. The van der Waals surface area contributed by atoms with Crippen molar-refractivity contribution in [3.63, 3.8) is 0 Å². The summed E-state index contributed by atoms with van der Waals surface area (Å²) < 4.78 is 12.1. The lowest BCUT2D eigenvalue weighted by Crippen LogP contribution is -2.22. The quantitative estimate of drug-likeness (QED) is 0.518. The van der Waals surface area contributed by atoms with Crippen LogP contribution in [0.3, 0.4) is 0 Å². The van der Waals surface area contributed by atoms with Crippen LogP contribution in [0.15, 0.2) is 58.0 Å². The average Bonchev–Trinajstić information content (AvgIpc) is 3.01. The molecular weight excluding hydrogens is 344 g/mol. The number of hydrogen-bond acceptors (Lipinski definition) is 5. The molecule has 6 heteroatoms. The molecule has 4 rings (SSSR count). The zero-order valence-corrected chi connectivity index (χ0v) is 15.1. The van der Waals surface area contributed by atoms with Crippen LogP contribution >= 0.6 is 0 Å². The third-order valence-electron chi connectivity index (χ3n) is 4.55. The summed E-state index contributed by atoms with van der Waals surface area (Å²) in [7, 11) is 0. The van der Waals surface area contributed by atoms with Crippen molar-refractivity contribution in [2.45, 2.75) is 20.4 Å². The van der Waals surface area contributed by atoms with Crippen molar-refractivity contribution in [3.8, 4) is 0 Å². The average molecular weight is 362 g/mol. The molecule has 0 saturated heterocycles. The molecule has 2 aromatic carbocycles. The first-order valence-electron chi connectivity index (χ1n) is 8.72. The first-order valence-corrected chi connectivity index (χ1v) is 8.72. The first-order chi connectivity index (χ1) is 13.1. The Morgan fingerprint density at radius 2 is 1.96 bits per heavy atom. The van der Waals surface area contributed by atoms with Crippen molar-refractivity contribution in [1.29, 1.82) is 0 Å².